The number of nitrogens with two attached hydrogens (primary N) is 1. The van der Waals surface area contributed by atoms with E-state index in [4.69, 9.17) is 10.8 Å². The summed E-state index contributed by atoms with van der Waals surface area (Å²) in [6, 6.07) is -1.13. The topological polar surface area (TPSA) is 104 Å². The molecule has 0 bridgehead atoms. The fourth-order valence-electron chi connectivity index (χ4n) is 3.15. The fraction of sp³-hybridized carbons (Fsp3) is 0.769. The van der Waals surface area contributed by atoms with Crippen LogP contribution in [0.4, 0.5) is 4.79 Å². The van der Waals surface area contributed by atoms with Gasteiger partial charge in [0.15, 0.2) is 0 Å². The number of carboxylic acids is 1. The van der Waals surface area contributed by atoms with Crippen molar-refractivity contribution in [2.24, 2.45) is 5.73 Å². The molecule has 20 heavy (non-hydrogen) atoms. The van der Waals surface area contributed by atoms with Crippen molar-refractivity contribution >= 4 is 17.9 Å². The summed E-state index contributed by atoms with van der Waals surface area (Å²) in [6.07, 6.45) is 4.90. The molecule has 2 fully saturated rings. The molecule has 0 unspecified atom stereocenters. The quantitative estimate of drug-likeness (QED) is 0.778. The van der Waals surface area contributed by atoms with E-state index in [0.29, 0.717) is 19.4 Å². The van der Waals surface area contributed by atoms with Crippen molar-refractivity contribution in [2.75, 3.05) is 13.1 Å². The molecule has 3 amide bonds. The lowest BCUT2D eigenvalue weighted by Gasteiger charge is -2.33. The molecule has 1 atom stereocenters. The van der Waals surface area contributed by atoms with E-state index in [1.54, 1.807) is 0 Å². The molecule has 7 nitrogen and oxygen atoms in total. The van der Waals surface area contributed by atoms with Gasteiger partial charge in [0.1, 0.15) is 12.6 Å². The van der Waals surface area contributed by atoms with E-state index in [-0.39, 0.29) is 18.6 Å². The molecule has 3 N–H and O–H groups in total. The number of hydrogen-bond donors (Lipinski definition) is 2. The maximum atomic E-state index is 12.6. The Balaban J connectivity index is 2.12. The van der Waals surface area contributed by atoms with E-state index >= 15 is 0 Å². The molecule has 1 heterocycles. The zero-order valence-electron chi connectivity index (χ0n) is 11.5. The number of primary amides is 1. The van der Waals surface area contributed by atoms with Crippen LogP contribution in [-0.2, 0) is 9.59 Å². The number of carbonyl (C=O) groups excluding carboxylic acids is 2. The number of likely N-dealkylation sites (tertiary alicyclic amines) is 1. The lowest BCUT2D eigenvalue weighted by molar-refractivity contribution is -0.141. The van der Waals surface area contributed by atoms with Crippen molar-refractivity contribution < 1.29 is 19.5 Å². The molecular formula is C13H21N3O4. The van der Waals surface area contributed by atoms with Crippen molar-refractivity contribution in [3.63, 3.8) is 0 Å². The van der Waals surface area contributed by atoms with Gasteiger partial charge in [-0.3, -0.25) is 4.79 Å². The Hall–Kier alpha value is -1.79. The van der Waals surface area contributed by atoms with Crippen molar-refractivity contribution in [3.8, 4) is 0 Å². The Morgan fingerprint density at radius 1 is 1.15 bits per heavy atom. The molecule has 0 spiro atoms. The average molecular weight is 283 g/mol. The number of urea groups is 1. The zero-order chi connectivity index (χ0) is 14.7. The van der Waals surface area contributed by atoms with E-state index in [1.807, 2.05) is 0 Å². The first-order valence-electron chi connectivity index (χ1n) is 7.09. The molecule has 0 aromatic rings. The number of hydrogen-bond acceptors (Lipinski definition) is 3. The van der Waals surface area contributed by atoms with Crippen LogP contribution >= 0.6 is 0 Å². The van der Waals surface area contributed by atoms with Gasteiger partial charge in [-0.1, -0.05) is 12.8 Å². The highest BCUT2D eigenvalue weighted by Gasteiger charge is 2.39. The summed E-state index contributed by atoms with van der Waals surface area (Å²) in [5, 5.41) is 9.16. The van der Waals surface area contributed by atoms with Gasteiger partial charge in [0.25, 0.3) is 0 Å². The summed E-state index contributed by atoms with van der Waals surface area (Å²) < 4.78 is 0. The van der Waals surface area contributed by atoms with Crippen molar-refractivity contribution in [2.45, 2.75) is 50.6 Å². The third-order valence-corrected chi connectivity index (χ3v) is 4.12. The van der Waals surface area contributed by atoms with Gasteiger partial charge in [-0.15, -0.1) is 0 Å². The first kappa shape index (κ1) is 14.6. The number of amides is 3. The van der Waals surface area contributed by atoms with Gasteiger partial charge in [0.2, 0.25) is 5.91 Å². The number of carbonyl (C=O) groups is 3. The number of nitrogens with zero attached hydrogens (tertiary/aromatic N) is 2. The van der Waals surface area contributed by atoms with Crippen LogP contribution in [0, 0.1) is 0 Å². The van der Waals surface area contributed by atoms with Crippen LogP contribution in [0.2, 0.25) is 0 Å². The molecule has 7 heteroatoms. The summed E-state index contributed by atoms with van der Waals surface area (Å²) in [6.45, 7) is 0.296. The lowest BCUT2D eigenvalue weighted by Crippen LogP contribution is -2.53. The van der Waals surface area contributed by atoms with Gasteiger partial charge in [-0.25, -0.2) is 9.59 Å². The number of rotatable bonds is 4. The molecule has 2 aliphatic rings. The van der Waals surface area contributed by atoms with E-state index in [1.165, 1.54) is 9.80 Å². The molecule has 1 aliphatic heterocycles. The lowest BCUT2D eigenvalue weighted by atomic mass is 10.2. The first-order valence-corrected chi connectivity index (χ1v) is 7.09. The third kappa shape index (κ3) is 3.02. The summed E-state index contributed by atoms with van der Waals surface area (Å²) in [7, 11) is 0. The molecule has 1 saturated heterocycles. The fourth-order valence-corrected chi connectivity index (χ4v) is 3.15. The highest BCUT2D eigenvalue weighted by Crippen LogP contribution is 2.26. The average Bonchev–Trinajstić information content (AvgIpc) is 3.05. The normalized spacial score (nSPS) is 23.0. The summed E-state index contributed by atoms with van der Waals surface area (Å²) in [4.78, 5) is 37.8. The zero-order valence-corrected chi connectivity index (χ0v) is 11.5. The van der Waals surface area contributed by atoms with Gasteiger partial charge in [0, 0.05) is 12.6 Å². The standard InChI is InChI=1S/C13H21N3O4/c14-11(17)8-16(9-4-1-2-5-9)13(20)15-7-3-6-10(15)12(18)19/h9-10H,1-8H2,(H2,14,17)(H,18,19)/t10-/m0/s1. The van der Waals surface area contributed by atoms with E-state index in [2.05, 4.69) is 0 Å². The second-order valence-electron chi connectivity index (χ2n) is 5.50. The molecule has 0 aromatic carbocycles. The second-order valence-corrected chi connectivity index (χ2v) is 5.50. The minimum atomic E-state index is -0.985. The molecule has 112 valence electrons. The van der Waals surface area contributed by atoms with Crippen molar-refractivity contribution in [1.82, 2.24) is 9.80 Å². The van der Waals surface area contributed by atoms with Gasteiger partial charge < -0.3 is 20.6 Å². The molecular weight excluding hydrogens is 262 g/mol. The minimum Gasteiger partial charge on any atom is -0.480 e. The molecule has 1 saturated carbocycles. The molecule has 1 aliphatic carbocycles. The van der Waals surface area contributed by atoms with Crippen LogP contribution in [0.25, 0.3) is 0 Å². The van der Waals surface area contributed by atoms with Crippen LogP contribution in [-0.4, -0.2) is 58.0 Å². The molecule has 0 aromatic heterocycles. The largest absolute Gasteiger partial charge is 0.480 e. The summed E-state index contributed by atoms with van der Waals surface area (Å²) in [5.41, 5.74) is 5.22. The monoisotopic (exact) mass is 283 g/mol. The van der Waals surface area contributed by atoms with E-state index in [9.17, 15) is 14.4 Å². The maximum Gasteiger partial charge on any atom is 0.326 e. The second kappa shape index (κ2) is 6.11. The van der Waals surface area contributed by atoms with Gasteiger partial charge in [-0.2, -0.15) is 0 Å². The number of carboxylic acid groups (broad SMARTS) is 1. The van der Waals surface area contributed by atoms with Gasteiger partial charge >= 0.3 is 12.0 Å². The Morgan fingerprint density at radius 3 is 2.35 bits per heavy atom. The van der Waals surface area contributed by atoms with Crippen LogP contribution < -0.4 is 5.73 Å². The predicted molar refractivity (Wildman–Crippen MR) is 70.9 cm³/mol. The van der Waals surface area contributed by atoms with E-state index < -0.39 is 17.9 Å². The smallest absolute Gasteiger partial charge is 0.326 e. The third-order valence-electron chi connectivity index (χ3n) is 4.12. The minimum absolute atomic E-state index is 0.00467. The van der Waals surface area contributed by atoms with Crippen LogP contribution in [0.1, 0.15) is 38.5 Å². The van der Waals surface area contributed by atoms with Crippen molar-refractivity contribution in [1.29, 1.82) is 0 Å². The summed E-state index contributed by atoms with van der Waals surface area (Å²) in [5.74, 6) is -1.54. The van der Waals surface area contributed by atoms with Crippen LogP contribution in [0.3, 0.4) is 0 Å². The number of aliphatic carboxylic acids is 1. The van der Waals surface area contributed by atoms with Crippen LogP contribution in [0.15, 0.2) is 0 Å². The van der Waals surface area contributed by atoms with Gasteiger partial charge in [-0.05, 0) is 25.7 Å². The van der Waals surface area contributed by atoms with Crippen LogP contribution in [0.5, 0.6) is 0 Å². The Kier molecular flexibility index (Phi) is 4.46. The Labute approximate surface area is 117 Å². The van der Waals surface area contributed by atoms with E-state index in [0.717, 1.165) is 25.7 Å². The highest BCUT2D eigenvalue weighted by molar-refractivity contribution is 5.86. The maximum absolute atomic E-state index is 12.6. The first-order chi connectivity index (χ1) is 9.50. The SMILES string of the molecule is NC(=O)CN(C(=O)N1CCC[C@H]1C(=O)O)C1CCCC1. The Bertz CT molecular complexity index is 406. The molecule has 0 radical (unpaired) electrons. The predicted octanol–water partition coefficient (Wildman–Crippen LogP) is 0.385. The Morgan fingerprint density at radius 2 is 1.80 bits per heavy atom. The molecule has 2 rings (SSSR count). The highest BCUT2D eigenvalue weighted by atomic mass is 16.4. The van der Waals surface area contributed by atoms with Gasteiger partial charge in [0.05, 0.1) is 0 Å². The van der Waals surface area contributed by atoms with Crippen molar-refractivity contribution in [3.05, 3.63) is 0 Å². The summed E-state index contributed by atoms with van der Waals surface area (Å²) >= 11 is 0.